The number of hydrogen-bond acceptors (Lipinski definition) is 4. The molecule has 3 N–H and O–H groups in total. The summed E-state index contributed by atoms with van der Waals surface area (Å²) in [5.74, 6) is -1.33. The van der Waals surface area contributed by atoms with Crippen molar-refractivity contribution in [1.82, 2.24) is 0 Å². The summed E-state index contributed by atoms with van der Waals surface area (Å²) < 4.78 is 0. The van der Waals surface area contributed by atoms with Crippen molar-refractivity contribution in [2.24, 2.45) is 5.16 Å². The number of hydrogen-bond donors (Lipinski definition) is 3. The third-order valence-electron chi connectivity index (χ3n) is 3.35. The van der Waals surface area contributed by atoms with E-state index in [0.29, 0.717) is 21.8 Å². The van der Waals surface area contributed by atoms with Crippen molar-refractivity contribution in [2.45, 2.75) is 12.8 Å². The van der Waals surface area contributed by atoms with Crippen LogP contribution < -0.4 is 5.32 Å². The van der Waals surface area contributed by atoms with Gasteiger partial charge in [-0.1, -0.05) is 40.5 Å². The van der Waals surface area contributed by atoms with Crippen LogP contribution >= 0.6 is 23.2 Å². The Hall–Kier alpha value is -2.57. The quantitative estimate of drug-likeness (QED) is 0.395. The van der Waals surface area contributed by atoms with Crippen LogP contribution in [-0.2, 0) is 4.79 Å². The molecule has 6 nitrogen and oxygen atoms in total. The zero-order valence-electron chi connectivity index (χ0n) is 12.9. The van der Waals surface area contributed by atoms with E-state index in [1.165, 1.54) is 12.1 Å². The molecule has 0 aliphatic heterocycles. The summed E-state index contributed by atoms with van der Waals surface area (Å²) in [5.41, 5.74) is 1.70. The Kier molecular flexibility index (Phi) is 6.38. The Morgan fingerprint density at radius 1 is 0.960 bits per heavy atom. The minimum absolute atomic E-state index is 0.0980. The van der Waals surface area contributed by atoms with Crippen LogP contribution in [0.15, 0.2) is 47.6 Å². The lowest BCUT2D eigenvalue weighted by molar-refractivity contribution is -0.136. The highest BCUT2D eigenvalue weighted by Crippen LogP contribution is 2.23. The molecule has 0 aromatic heterocycles. The highest BCUT2D eigenvalue weighted by molar-refractivity contribution is 6.42. The summed E-state index contributed by atoms with van der Waals surface area (Å²) in [4.78, 5) is 22.8. The van der Waals surface area contributed by atoms with Crippen molar-refractivity contribution in [2.75, 3.05) is 5.32 Å². The number of anilines is 1. The summed E-state index contributed by atoms with van der Waals surface area (Å²) in [6, 6.07) is 11.1. The second-order valence-electron chi connectivity index (χ2n) is 5.10. The number of nitrogens with zero attached hydrogens (tertiary/aromatic N) is 1. The van der Waals surface area contributed by atoms with E-state index in [9.17, 15) is 9.59 Å². The lowest BCUT2D eigenvalue weighted by atomic mass is 10.1. The molecule has 0 heterocycles. The van der Waals surface area contributed by atoms with Crippen LogP contribution in [0, 0.1) is 0 Å². The van der Waals surface area contributed by atoms with Crippen molar-refractivity contribution < 1.29 is 19.9 Å². The highest BCUT2D eigenvalue weighted by Gasteiger charge is 2.10. The monoisotopic (exact) mass is 380 g/mol. The van der Waals surface area contributed by atoms with E-state index < -0.39 is 5.97 Å². The average molecular weight is 381 g/mol. The van der Waals surface area contributed by atoms with Crippen molar-refractivity contribution in [1.29, 1.82) is 0 Å². The van der Waals surface area contributed by atoms with E-state index in [1.807, 2.05) is 0 Å². The summed E-state index contributed by atoms with van der Waals surface area (Å²) in [7, 11) is 0. The van der Waals surface area contributed by atoms with E-state index in [1.54, 1.807) is 30.3 Å². The predicted molar refractivity (Wildman–Crippen MR) is 96.1 cm³/mol. The Morgan fingerprint density at radius 3 is 2.16 bits per heavy atom. The number of aliphatic carboxylic acids is 1. The van der Waals surface area contributed by atoms with Gasteiger partial charge in [-0.05, 0) is 35.9 Å². The Balaban J connectivity index is 2.07. The standard InChI is InChI=1S/C17H14Cl2N2O4/c18-13-6-3-11(9-14(13)19)17(24)20-12-4-1-10(2-5-12)15(21-25)7-8-16(22)23/h1-6,9,25H,7-8H2,(H,20,24)(H,22,23)/b21-15+. The number of carbonyl (C=O) groups excluding carboxylic acids is 1. The summed E-state index contributed by atoms with van der Waals surface area (Å²) >= 11 is 11.7. The molecule has 2 rings (SSSR count). The Labute approximate surface area is 153 Å². The molecular formula is C17H14Cl2N2O4. The molecule has 8 heteroatoms. The number of nitrogens with one attached hydrogen (secondary N) is 1. The first kappa shape index (κ1) is 18.8. The maximum absolute atomic E-state index is 12.2. The fourth-order valence-electron chi connectivity index (χ4n) is 2.06. The average Bonchev–Trinajstić information content (AvgIpc) is 2.59. The number of oxime groups is 1. The van der Waals surface area contributed by atoms with Gasteiger partial charge >= 0.3 is 5.97 Å². The second-order valence-corrected chi connectivity index (χ2v) is 5.92. The fraction of sp³-hybridized carbons (Fsp3) is 0.118. The first-order valence-corrected chi connectivity index (χ1v) is 7.96. The molecule has 130 valence electrons. The van der Waals surface area contributed by atoms with Crippen LogP contribution in [0.5, 0.6) is 0 Å². The largest absolute Gasteiger partial charge is 0.481 e. The topological polar surface area (TPSA) is 99.0 Å². The molecule has 0 aliphatic rings. The van der Waals surface area contributed by atoms with Gasteiger partial charge in [-0.3, -0.25) is 9.59 Å². The molecule has 0 aliphatic carbocycles. The fourth-order valence-corrected chi connectivity index (χ4v) is 2.36. The van der Waals surface area contributed by atoms with Gasteiger partial charge in [0.2, 0.25) is 0 Å². The molecule has 25 heavy (non-hydrogen) atoms. The molecule has 0 spiro atoms. The maximum atomic E-state index is 12.2. The van der Waals surface area contributed by atoms with E-state index in [4.69, 9.17) is 33.5 Å². The number of carboxylic acid groups (broad SMARTS) is 1. The van der Waals surface area contributed by atoms with Gasteiger partial charge < -0.3 is 15.6 Å². The van der Waals surface area contributed by atoms with Crippen LogP contribution in [0.4, 0.5) is 5.69 Å². The van der Waals surface area contributed by atoms with E-state index in [0.717, 1.165) is 0 Å². The van der Waals surface area contributed by atoms with Crippen molar-refractivity contribution in [3.05, 3.63) is 63.6 Å². The first-order valence-electron chi connectivity index (χ1n) is 7.20. The molecule has 2 aromatic rings. The van der Waals surface area contributed by atoms with Gasteiger partial charge in [-0.15, -0.1) is 0 Å². The van der Waals surface area contributed by atoms with Crippen molar-refractivity contribution in [3.63, 3.8) is 0 Å². The van der Waals surface area contributed by atoms with Crippen LogP contribution in [-0.4, -0.2) is 27.9 Å². The Bertz CT molecular complexity index is 820. The van der Waals surface area contributed by atoms with E-state index >= 15 is 0 Å². The Morgan fingerprint density at radius 2 is 1.60 bits per heavy atom. The van der Waals surface area contributed by atoms with Crippen LogP contribution in [0.3, 0.4) is 0 Å². The summed E-state index contributed by atoms with van der Waals surface area (Å²) in [5, 5.41) is 24.2. The lowest BCUT2D eigenvalue weighted by Crippen LogP contribution is -2.12. The van der Waals surface area contributed by atoms with Gasteiger partial charge in [-0.2, -0.15) is 0 Å². The molecule has 1 amide bonds. The van der Waals surface area contributed by atoms with Crippen LogP contribution in [0.2, 0.25) is 10.0 Å². The third kappa shape index (κ3) is 5.20. The van der Waals surface area contributed by atoms with Crippen LogP contribution in [0.25, 0.3) is 0 Å². The summed E-state index contributed by atoms with van der Waals surface area (Å²) in [6.07, 6.45) is -0.0456. The molecule has 0 saturated heterocycles. The number of halogens is 2. The molecule has 0 radical (unpaired) electrons. The SMILES string of the molecule is O=C(O)CC/C(=N\O)c1ccc(NC(=O)c2ccc(Cl)c(Cl)c2)cc1. The highest BCUT2D eigenvalue weighted by atomic mass is 35.5. The van der Waals surface area contributed by atoms with Gasteiger partial charge in [0, 0.05) is 17.7 Å². The van der Waals surface area contributed by atoms with Crippen molar-refractivity contribution in [3.8, 4) is 0 Å². The molecule has 2 aromatic carbocycles. The normalized spacial score (nSPS) is 11.2. The van der Waals surface area contributed by atoms with E-state index in [2.05, 4.69) is 10.5 Å². The molecule has 0 fully saturated rings. The smallest absolute Gasteiger partial charge is 0.303 e. The zero-order valence-corrected chi connectivity index (χ0v) is 14.4. The van der Waals surface area contributed by atoms with Gasteiger partial charge in [-0.25, -0.2) is 0 Å². The van der Waals surface area contributed by atoms with Gasteiger partial charge in [0.05, 0.1) is 22.2 Å². The maximum Gasteiger partial charge on any atom is 0.303 e. The molecule has 0 saturated carbocycles. The molecule has 0 bridgehead atoms. The van der Waals surface area contributed by atoms with Gasteiger partial charge in [0.15, 0.2) is 0 Å². The van der Waals surface area contributed by atoms with Gasteiger partial charge in [0.1, 0.15) is 0 Å². The molecule has 0 unspecified atom stereocenters. The second kappa shape index (κ2) is 8.50. The van der Waals surface area contributed by atoms with E-state index in [-0.39, 0.29) is 29.5 Å². The van der Waals surface area contributed by atoms with Gasteiger partial charge in [0.25, 0.3) is 5.91 Å². The predicted octanol–water partition coefficient (Wildman–Crippen LogP) is 4.29. The minimum Gasteiger partial charge on any atom is -0.481 e. The zero-order chi connectivity index (χ0) is 18.4. The number of benzene rings is 2. The van der Waals surface area contributed by atoms with Crippen LogP contribution in [0.1, 0.15) is 28.8 Å². The number of carboxylic acids is 1. The number of rotatable bonds is 6. The molecular weight excluding hydrogens is 367 g/mol. The third-order valence-corrected chi connectivity index (χ3v) is 4.09. The molecule has 0 atom stereocenters. The first-order chi connectivity index (χ1) is 11.9. The minimum atomic E-state index is -0.980. The van der Waals surface area contributed by atoms with Crippen molar-refractivity contribution >= 4 is 46.5 Å². The number of carbonyl (C=O) groups is 2. The lowest BCUT2D eigenvalue weighted by Gasteiger charge is -2.08. The number of amides is 1. The summed E-state index contributed by atoms with van der Waals surface area (Å²) in [6.45, 7) is 0.